The summed E-state index contributed by atoms with van der Waals surface area (Å²) in [5.41, 5.74) is 1.17. The minimum Gasteiger partial charge on any atom is -0.336 e. The summed E-state index contributed by atoms with van der Waals surface area (Å²) in [4.78, 5) is 14.4. The van der Waals surface area contributed by atoms with Crippen molar-refractivity contribution < 1.29 is 4.79 Å². The number of nitrogens with zero attached hydrogens (tertiary/aromatic N) is 2. The van der Waals surface area contributed by atoms with E-state index in [0.29, 0.717) is 17.2 Å². The summed E-state index contributed by atoms with van der Waals surface area (Å²) in [6.07, 6.45) is 4.55. The first-order valence-electron chi connectivity index (χ1n) is 6.53. The Balaban J connectivity index is 2.21. The number of hydrogen-bond donors (Lipinski definition) is 0. The number of rotatable bonds is 1. The quantitative estimate of drug-likeness (QED) is 0.760. The topological polar surface area (TPSA) is 44.1 Å². The van der Waals surface area contributed by atoms with Gasteiger partial charge in [0.05, 0.1) is 11.6 Å². The van der Waals surface area contributed by atoms with Crippen LogP contribution in [0.25, 0.3) is 0 Å². The van der Waals surface area contributed by atoms with Crippen molar-refractivity contribution in [3.8, 4) is 6.07 Å². The Morgan fingerprint density at radius 3 is 3.00 bits per heavy atom. The van der Waals surface area contributed by atoms with Crippen molar-refractivity contribution in [3.05, 3.63) is 35.4 Å². The molecule has 2 rings (SSSR count). The Morgan fingerprint density at radius 2 is 2.22 bits per heavy atom. The summed E-state index contributed by atoms with van der Waals surface area (Å²) in [5.74, 6) is 0.0569. The Bertz CT molecular complexity index is 476. The highest BCUT2D eigenvalue weighted by Gasteiger charge is 2.22. The molecule has 0 spiro atoms. The number of carbonyl (C=O) groups is 1. The average Bonchev–Trinajstić information content (AvgIpc) is 2.62. The molecule has 18 heavy (non-hydrogen) atoms. The molecule has 3 nitrogen and oxygen atoms in total. The summed E-state index contributed by atoms with van der Waals surface area (Å²) in [6.45, 7) is 2.94. The maximum atomic E-state index is 12.4. The van der Waals surface area contributed by atoms with Gasteiger partial charge >= 0.3 is 0 Å². The van der Waals surface area contributed by atoms with Crippen LogP contribution in [0.4, 0.5) is 0 Å². The molecule has 0 bridgehead atoms. The molecule has 1 saturated heterocycles. The first kappa shape index (κ1) is 12.6. The zero-order chi connectivity index (χ0) is 13.0. The number of benzene rings is 1. The first-order chi connectivity index (χ1) is 8.72. The molecule has 3 heteroatoms. The lowest BCUT2D eigenvalue weighted by atomic mass is 10.1. The molecule has 0 saturated carbocycles. The third-order valence-corrected chi connectivity index (χ3v) is 3.55. The van der Waals surface area contributed by atoms with Crippen LogP contribution in [0, 0.1) is 11.3 Å². The summed E-state index contributed by atoms with van der Waals surface area (Å²) >= 11 is 0. The minimum absolute atomic E-state index is 0.0569. The van der Waals surface area contributed by atoms with Crippen molar-refractivity contribution in [1.29, 1.82) is 5.26 Å². The number of hydrogen-bond acceptors (Lipinski definition) is 2. The monoisotopic (exact) mass is 242 g/mol. The zero-order valence-corrected chi connectivity index (χ0v) is 10.7. The Morgan fingerprint density at radius 1 is 1.39 bits per heavy atom. The smallest absolute Gasteiger partial charge is 0.254 e. The van der Waals surface area contributed by atoms with Crippen LogP contribution in [0.2, 0.25) is 0 Å². The zero-order valence-electron chi connectivity index (χ0n) is 10.7. The van der Waals surface area contributed by atoms with E-state index in [1.165, 1.54) is 12.8 Å². The fourth-order valence-corrected chi connectivity index (χ4v) is 2.46. The van der Waals surface area contributed by atoms with Gasteiger partial charge in [0.25, 0.3) is 5.91 Å². The Hall–Kier alpha value is -1.82. The summed E-state index contributed by atoms with van der Waals surface area (Å²) < 4.78 is 0. The highest BCUT2D eigenvalue weighted by atomic mass is 16.2. The molecule has 0 aromatic heterocycles. The molecule has 1 aliphatic heterocycles. The van der Waals surface area contributed by atoms with Gasteiger partial charge in [-0.3, -0.25) is 4.79 Å². The van der Waals surface area contributed by atoms with Gasteiger partial charge in [-0.15, -0.1) is 0 Å². The van der Waals surface area contributed by atoms with Crippen molar-refractivity contribution in [3.63, 3.8) is 0 Å². The van der Waals surface area contributed by atoms with Crippen molar-refractivity contribution in [2.75, 3.05) is 6.54 Å². The van der Waals surface area contributed by atoms with Gasteiger partial charge in [-0.1, -0.05) is 18.9 Å². The van der Waals surface area contributed by atoms with Crippen LogP contribution in [0.5, 0.6) is 0 Å². The van der Waals surface area contributed by atoms with E-state index in [9.17, 15) is 4.79 Å². The lowest BCUT2D eigenvalue weighted by Crippen LogP contribution is -2.38. The van der Waals surface area contributed by atoms with Gasteiger partial charge in [-0.2, -0.15) is 5.26 Å². The third kappa shape index (κ3) is 2.70. The number of nitriles is 1. The number of carbonyl (C=O) groups excluding carboxylic acids is 1. The SMILES string of the molecule is CC1CCCCCN1C(=O)c1cccc(C#N)c1. The van der Waals surface area contributed by atoms with Crippen molar-refractivity contribution in [2.24, 2.45) is 0 Å². The molecule has 1 unspecified atom stereocenters. The Labute approximate surface area is 108 Å². The highest BCUT2D eigenvalue weighted by molar-refractivity contribution is 5.94. The second-order valence-corrected chi connectivity index (χ2v) is 4.89. The molecule has 0 aliphatic carbocycles. The lowest BCUT2D eigenvalue weighted by Gasteiger charge is -2.27. The van der Waals surface area contributed by atoms with Crippen molar-refractivity contribution in [1.82, 2.24) is 4.90 Å². The molecule has 1 atom stereocenters. The molecular formula is C15H18N2O. The molecule has 94 valence electrons. The van der Waals surface area contributed by atoms with E-state index in [0.717, 1.165) is 19.4 Å². The van der Waals surface area contributed by atoms with E-state index in [-0.39, 0.29) is 5.91 Å². The van der Waals surface area contributed by atoms with Crippen LogP contribution >= 0.6 is 0 Å². The van der Waals surface area contributed by atoms with Crippen LogP contribution in [0.15, 0.2) is 24.3 Å². The van der Waals surface area contributed by atoms with Crippen LogP contribution < -0.4 is 0 Å². The van der Waals surface area contributed by atoms with E-state index in [2.05, 4.69) is 13.0 Å². The molecule has 1 aromatic carbocycles. The van der Waals surface area contributed by atoms with E-state index in [1.807, 2.05) is 4.90 Å². The molecule has 1 fully saturated rings. The van der Waals surface area contributed by atoms with Gasteiger partial charge in [-0.25, -0.2) is 0 Å². The maximum Gasteiger partial charge on any atom is 0.254 e. The normalized spacial score (nSPS) is 20.0. The number of amides is 1. The fraction of sp³-hybridized carbons (Fsp3) is 0.467. The van der Waals surface area contributed by atoms with Gasteiger partial charge in [0.15, 0.2) is 0 Å². The molecule has 1 aliphatic rings. The van der Waals surface area contributed by atoms with E-state index < -0.39 is 0 Å². The first-order valence-corrected chi connectivity index (χ1v) is 6.53. The van der Waals surface area contributed by atoms with E-state index >= 15 is 0 Å². The lowest BCUT2D eigenvalue weighted by molar-refractivity contribution is 0.0698. The van der Waals surface area contributed by atoms with Gasteiger partial charge in [-0.05, 0) is 38.0 Å². The van der Waals surface area contributed by atoms with Gasteiger partial charge in [0.1, 0.15) is 0 Å². The second kappa shape index (κ2) is 5.68. The molecule has 1 heterocycles. The maximum absolute atomic E-state index is 12.4. The number of likely N-dealkylation sites (tertiary alicyclic amines) is 1. The van der Waals surface area contributed by atoms with Crippen molar-refractivity contribution >= 4 is 5.91 Å². The molecule has 1 aromatic rings. The average molecular weight is 242 g/mol. The van der Waals surface area contributed by atoms with E-state index in [4.69, 9.17) is 5.26 Å². The van der Waals surface area contributed by atoms with Gasteiger partial charge < -0.3 is 4.90 Å². The van der Waals surface area contributed by atoms with Gasteiger partial charge in [0, 0.05) is 18.2 Å². The van der Waals surface area contributed by atoms with Crippen LogP contribution in [0.3, 0.4) is 0 Å². The molecule has 0 N–H and O–H groups in total. The fourth-order valence-electron chi connectivity index (χ4n) is 2.46. The predicted molar refractivity (Wildman–Crippen MR) is 70.1 cm³/mol. The minimum atomic E-state index is 0.0569. The molecular weight excluding hydrogens is 224 g/mol. The molecule has 0 radical (unpaired) electrons. The van der Waals surface area contributed by atoms with E-state index in [1.54, 1.807) is 24.3 Å². The predicted octanol–water partition coefficient (Wildman–Crippen LogP) is 2.96. The molecule has 1 amide bonds. The van der Waals surface area contributed by atoms with Crippen LogP contribution in [-0.2, 0) is 0 Å². The van der Waals surface area contributed by atoms with Gasteiger partial charge in [0.2, 0.25) is 0 Å². The van der Waals surface area contributed by atoms with Crippen molar-refractivity contribution in [2.45, 2.75) is 38.6 Å². The standard InChI is InChI=1S/C15H18N2O/c1-12-6-3-2-4-9-17(12)15(18)14-8-5-7-13(10-14)11-16/h5,7-8,10,12H,2-4,6,9H2,1H3. The largest absolute Gasteiger partial charge is 0.336 e. The second-order valence-electron chi connectivity index (χ2n) is 4.89. The summed E-state index contributed by atoms with van der Waals surface area (Å²) in [6, 6.07) is 9.34. The summed E-state index contributed by atoms with van der Waals surface area (Å²) in [5, 5.41) is 8.88. The summed E-state index contributed by atoms with van der Waals surface area (Å²) in [7, 11) is 0. The Kier molecular flexibility index (Phi) is 3.99. The van der Waals surface area contributed by atoms with Crippen LogP contribution in [0.1, 0.15) is 48.5 Å². The third-order valence-electron chi connectivity index (χ3n) is 3.55. The highest BCUT2D eigenvalue weighted by Crippen LogP contribution is 2.19. The van der Waals surface area contributed by atoms with Crippen LogP contribution in [-0.4, -0.2) is 23.4 Å².